The van der Waals surface area contributed by atoms with Gasteiger partial charge >= 0.3 is 19.5 Å². The standard InChI is InChI=1S/2C8H12.Rh/c2*1-2-4-6-8-7-5-3-1;/h2*1-2,7-8H,3-6H2;/q;;+1. The quantitative estimate of drug-likeness (QED) is 0.417. The number of rotatable bonds is 0. The molecule has 96 valence electrons. The van der Waals surface area contributed by atoms with Crippen LogP contribution >= 0.6 is 0 Å². The van der Waals surface area contributed by atoms with Crippen molar-refractivity contribution in [2.45, 2.75) is 51.4 Å². The molecule has 2 aliphatic carbocycles. The molecular formula is C16H24Rh+. The molecule has 0 radical (unpaired) electrons. The van der Waals surface area contributed by atoms with Crippen LogP contribution in [-0.4, -0.2) is 0 Å². The Morgan fingerprint density at radius 2 is 0.412 bits per heavy atom. The second-order valence-corrected chi connectivity index (χ2v) is 4.20. The Balaban J connectivity index is 0.000000284. The summed E-state index contributed by atoms with van der Waals surface area (Å²) in [5.74, 6) is 0. The minimum absolute atomic E-state index is 0. The van der Waals surface area contributed by atoms with E-state index in [1.54, 1.807) is 0 Å². The van der Waals surface area contributed by atoms with E-state index in [0.29, 0.717) is 0 Å². The van der Waals surface area contributed by atoms with E-state index in [-0.39, 0.29) is 19.5 Å². The third-order valence-corrected chi connectivity index (χ3v) is 2.67. The van der Waals surface area contributed by atoms with Crippen LogP contribution in [0, 0.1) is 0 Å². The van der Waals surface area contributed by atoms with Gasteiger partial charge in [-0.05, 0) is 51.4 Å². The van der Waals surface area contributed by atoms with E-state index in [2.05, 4.69) is 48.6 Å². The molecule has 0 amide bonds. The van der Waals surface area contributed by atoms with Gasteiger partial charge in [0.05, 0.1) is 0 Å². The zero-order chi connectivity index (χ0) is 11.3. The minimum atomic E-state index is 0. The first-order valence-electron chi connectivity index (χ1n) is 6.60. The molecule has 0 saturated carbocycles. The maximum atomic E-state index is 2.27. The second kappa shape index (κ2) is 13.6. The SMILES string of the molecule is C1=CCCC=CCC1.C1=CCCC=CCC1.[Rh+]. The summed E-state index contributed by atoms with van der Waals surface area (Å²) in [6.07, 6.45) is 28.0. The Morgan fingerprint density at radius 1 is 0.294 bits per heavy atom. The molecule has 0 heterocycles. The summed E-state index contributed by atoms with van der Waals surface area (Å²) >= 11 is 0. The fourth-order valence-corrected chi connectivity index (χ4v) is 1.71. The first-order valence-corrected chi connectivity index (χ1v) is 6.60. The molecule has 0 atom stereocenters. The first kappa shape index (κ1) is 16.6. The van der Waals surface area contributed by atoms with Gasteiger partial charge < -0.3 is 0 Å². The van der Waals surface area contributed by atoms with E-state index in [1.165, 1.54) is 51.4 Å². The van der Waals surface area contributed by atoms with Crippen LogP contribution in [0.25, 0.3) is 0 Å². The van der Waals surface area contributed by atoms with Crippen molar-refractivity contribution in [3.05, 3.63) is 48.6 Å². The number of allylic oxidation sites excluding steroid dienone is 8. The molecule has 0 aliphatic heterocycles. The molecule has 2 aliphatic rings. The largest absolute Gasteiger partial charge is 1.00 e. The van der Waals surface area contributed by atoms with Gasteiger partial charge in [0.1, 0.15) is 0 Å². The fourth-order valence-electron chi connectivity index (χ4n) is 1.71. The van der Waals surface area contributed by atoms with Crippen molar-refractivity contribution in [1.82, 2.24) is 0 Å². The molecule has 0 aromatic heterocycles. The molecule has 0 N–H and O–H groups in total. The van der Waals surface area contributed by atoms with Crippen molar-refractivity contribution in [2.75, 3.05) is 0 Å². The van der Waals surface area contributed by atoms with Crippen LogP contribution in [0.15, 0.2) is 48.6 Å². The van der Waals surface area contributed by atoms with Gasteiger partial charge in [0.25, 0.3) is 0 Å². The summed E-state index contributed by atoms with van der Waals surface area (Å²) in [6.45, 7) is 0. The van der Waals surface area contributed by atoms with Gasteiger partial charge in [0.2, 0.25) is 0 Å². The molecule has 1 heteroatoms. The first-order chi connectivity index (χ1) is 8.00. The molecule has 0 aromatic rings. The van der Waals surface area contributed by atoms with Crippen LogP contribution in [0.1, 0.15) is 51.4 Å². The van der Waals surface area contributed by atoms with Crippen LogP contribution in [-0.2, 0) is 19.5 Å². The van der Waals surface area contributed by atoms with Crippen molar-refractivity contribution in [2.24, 2.45) is 0 Å². The van der Waals surface area contributed by atoms with Crippen LogP contribution in [0.3, 0.4) is 0 Å². The molecule has 0 fully saturated rings. The van der Waals surface area contributed by atoms with Gasteiger partial charge in [-0.3, -0.25) is 0 Å². The molecule has 0 unspecified atom stereocenters. The van der Waals surface area contributed by atoms with E-state index >= 15 is 0 Å². The Morgan fingerprint density at radius 3 is 0.529 bits per heavy atom. The average molecular weight is 319 g/mol. The number of hydrogen-bond acceptors (Lipinski definition) is 0. The molecule has 0 saturated heterocycles. The monoisotopic (exact) mass is 319 g/mol. The van der Waals surface area contributed by atoms with E-state index in [0.717, 1.165) is 0 Å². The van der Waals surface area contributed by atoms with Gasteiger partial charge in [0, 0.05) is 0 Å². The predicted molar refractivity (Wildman–Crippen MR) is 73.5 cm³/mol. The van der Waals surface area contributed by atoms with E-state index in [1.807, 2.05) is 0 Å². The Kier molecular flexibility index (Phi) is 13.3. The second-order valence-electron chi connectivity index (χ2n) is 4.20. The fraction of sp³-hybridized carbons (Fsp3) is 0.500. The molecule has 0 nitrogen and oxygen atoms in total. The van der Waals surface area contributed by atoms with Crippen LogP contribution in [0.4, 0.5) is 0 Å². The van der Waals surface area contributed by atoms with Gasteiger partial charge in [-0.1, -0.05) is 48.6 Å². The Labute approximate surface area is 119 Å². The summed E-state index contributed by atoms with van der Waals surface area (Å²) in [6, 6.07) is 0. The molecule has 0 aromatic carbocycles. The van der Waals surface area contributed by atoms with Crippen LogP contribution in [0.2, 0.25) is 0 Å². The van der Waals surface area contributed by atoms with Crippen molar-refractivity contribution in [3.63, 3.8) is 0 Å². The van der Waals surface area contributed by atoms with Gasteiger partial charge in [-0.25, -0.2) is 0 Å². The zero-order valence-corrected chi connectivity index (χ0v) is 12.2. The third-order valence-electron chi connectivity index (χ3n) is 2.67. The summed E-state index contributed by atoms with van der Waals surface area (Å²) in [5, 5.41) is 0. The summed E-state index contributed by atoms with van der Waals surface area (Å²) in [5.41, 5.74) is 0. The third kappa shape index (κ3) is 11.8. The maximum Gasteiger partial charge on any atom is 1.00 e. The normalized spacial score (nSPS) is 18.8. The molecule has 17 heavy (non-hydrogen) atoms. The molecular weight excluding hydrogens is 295 g/mol. The van der Waals surface area contributed by atoms with Crippen LogP contribution in [0.5, 0.6) is 0 Å². The number of hydrogen-bond donors (Lipinski definition) is 0. The maximum absolute atomic E-state index is 2.27. The minimum Gasteiger partial charge on any atom is -0.0882 e. The molecule has 0 bridgehead atoms. The average Bonchev–Trinajstić information content (AvgIpc) is 2.15. The van der Waals surface area contributed by atoms with Crippen molar-refractivity contribution < 1.29 is 19.5 Å². The van der Waals surface area contributed by atoms with Gasteiger partial charge in [-0.15, -0.1) is 0 Å². The predicted octanol–water partition coefficient (Wildman–Crippen LogP) is 5.34. The Hall–Kier alpha value is -0.417. The van der Waals surface area contributed by atoms with Crippen molar-refractivity contribution in [3.8, 4) is 0 Å². The summed E-state index contributed by atoms with van der Waals surface area (Å²) in [4.78, 5) is 0. The molecule has 0 spiro atoms. The van der Waals surface area contributed by atoms with Crippen molar-refractivity contribution >= 4 is 0 Å². The van der Waals surface area contributed by atoms with E-state index in [9.17, 15) is 0 Å². The van der Waals surface area contributed by atoms with Crippen molar-refractivity contribution in [1.29, 1.82) is 0 Å². The smallest absolute Gasteiger partial charge is 0.0882 e. The topological polar surface area (TPSA) is 0 Å². The zero-order valence-electron chi connectivity index (χ0n) is 10.6. The van der Waals surface area contributed by atoms with E-state index in [4.69, 9.17) is 0 Å². The summed E-state index contributed by atoms with van der Waals surface area (Å²) in [7, 11) is 0. The van der Waals surface area contributed by atoms with Gasteiger partial charge in [0.15, 0.2) is 0 Å². The van der Waals surface area contributed by atoms with Crippen LogP contribution < -0.4 is 0 Å². The molecule has 2 rings (SSSR count). The van der Waals surface area contributed by atoms with E-state index < -0.39 is 0 Å². The van der Waals surface area contributed by atoms with Gasteiger partial charge in [-0.2, -0.15) is 0 Å². The Bertz CT molecular complexity index is 179. The summed E-state index contributed by atoms with van der Waals surface area (Å²) < 4.78 is 0.